The van der Waals surface area contributed by atoms with E-state index in [0.717, 1.165) is 5.32 Å². The molecule has 1 amide bonds. The summed E-state index contributed by atoms with van der Waals surface area (Å²) in [6.45, 7) is -1.71. The standard InChI is InChI=1S/C13H13F15N2O2/c14-7(15,6(32)30-3-1-5(29)2-4-31)8(16,17)9(18,19)10(20,21)11(22,23)12(24,25)13(26,27)28/h5,31H,1-4,29H2,(H,30,32). The van der Waals surface area contributed by atoms with Crippen LogP contribution >= 0.6 is 0 Å². The van der Waals surface area contributed by atoms with E-state index in [2.05, 4.69) is 0 Å². The molecule has 0 fully saturated rings. The maximum atomic E-state index is 13.5. The number of nitrogens with two attached hydrogens (primary N) is 1. The van der Waals surface area contributed by atoms with Crippen molar-refractivity contribution in [2.75, 3.05) is 13.2 Å². The van der Waals surface area contributed by atoms with E-state index in [1.165, 1.54) is 0 Å². The van der Waals surface area contributed by atoms with Crippen LogP contribution in [-0.4, -0.2) is 71.9 Å². The predicted octanol–water partition coefficient (Wildman–Crippen LogP) is 3.58. The minimum absolute atomic E-state index is 0.241. The lowest BCUT2D eigenvalue weighted by Gasteiger charge is -2.41. The summed E-state index contributed by atoms with van der Waals surface area (Å²) in [6, 6.07) is -1.08. The minimum atomic E-state index is -8.45. The average molecular weight is 514 g/mol. The maximum Gasteiger partial charge on any atom is 0.460 e. The van der Waals surface area contributed by atoms with Crippen molar-refractivity contribution in [1.82, 2.24) is 5.32 Å². The third-order valence-electron chi connectivity index (χ3n) is 3.91. The number of alkyl halides is 15. The van der Waals surface area contributed by atoms with Gasteiger partial charge in [-0.2, -0.15) is 65.9 Å². The summed E-state index contributed by atoms with van der Waals surface area (Å²) in [5, 5.41) is 9.30. The molecule has 0 radical (unpaired) electrons. The van der Waals surface area contributed by atoms with Crippen molar-refractivity contribution in [3.05, 3.63) is 0 Å². The zero-order valence-corrected chi connectivity index (χ0v) is 15.0. The van der Waals surface area contributed by atoms with Crippen LogP contribution in [-0.2, 0) is 4.79 Å². The molecule has 192 valence electrons. The number of aliphatic hydroxyl groups excluding tert-OH is 1. The van der Waals surface area contributed by atoms with Gasteiger partial charge in [0.05, 0.1) is 0 Å². The van der Waals surface area contributed by atoms with E-state index in [1.54, 1.807) is 0 Å². The molecule has 0 spiro atoms. The molecule has 0 saturated heterocycles. The first kappa shape index (κ1) is 30.3. The van der Waals surface area contributed by atoms with Gasteiger partial charge in [0.25, 0.3) is 5.91 Å². The quantitative estimate of drug-likeness (QED) is 0.370. The highest BCUT2D eigenvalue weighted by Gasteiger charge is 2.94. The minimum Gasteiger partial charge on any atom is -0.396 e. The summed E-state index contributed by atoms with van der Waals surface area (Å²) >= 11 is 0. The molecule has 0 bridgehead atoms. The molecule has 0 saturated carbocycles. The molecule has 19 heteroatoms. The van der Waals surface area contributed by atoms with Gasteiger partial charge in [0, 0.05) is 19.2 Å². The molecule has 0 aromatic heterocycles. The van der Waals surface area contributed by atoms with Gasteiger partial charge in [0.15, 0.2) is 0 Å². The molecule has 0 aliphatic carbocycles. The van der Waals surface area contributed by atoms with Crippen molar-refractivity contribution >= 4 is 5.91 Å². The summed E-state index contributed by atoms with van der Waals surface area (Å²) in [4.78, 5) is 11.1. The van der Waals surface area contributed by atoms with Crippen molar-refractivity contribution < 1.29 is 75.8 Å². The van der Waals surface area contributed by atoms with Crippen molar-refractivity contribution in [2.45, 2.75) is 60.6 Å². The molecule has 4 N–H and O–H groups in total. The van der Waals surface area contributed by atoms with Crippen molar-refractivity contribution in [3.8, 4) is 0 Å². The van der Waals surface area contributed by atoms with Gasteiger partial charge in [-0.15, -0.1) is 0 Å². The number of halogens is 15. The van der Waals surface area contributed by atoms with E-state index in [1.807, 2.05) is 0 Å². The maximum absolute atomic E-state index is 13.5. The Labute approximate surface area is 167 Å². The SMILES string of the molecule is NC(CCO)CCNC(=O)C(F)(F)C(F)(F)C(F)(F)C(F)(F)C(F)(F)C(F)(F)C(F)(F)F. The highest BCUT2D eigenvalue weighted by molar-refractivity contribution is 5.84. The molecular formula is C13H13F15N2O2. The monoisotopic (exact) mass is 514 g/mol. The molecule has 1 atom stereocenters. The van der Waals surface area contributed by atoms with Crippen molar-refractivity contribution in [2.24, 2.45) is 5.73 Å². The van der Waals surface area contributed by atoms with Gasteiger partial charge in [0.1, 0.15) is 0 Å². The van der Waals surface area contributed by atoms with Crippen LogP contribution in [0, 0.1) is 0 Å². The number of hydrogen-bond donors (Lipinski definition) is 3. The van der Waals surface area contributed by atoms with Crippen LogP contribution in [0.4, 0.5) is 65.9 Å². The molecule has 0 aliphatic rings. The summed E-state index contributed by atoms with van der Waals surface area (Å²) < 4.78 is 195. The fraction of sp³-hybridized carbons (Fsp3) is 0.923. The van der Waals surface area contributed by atoms with Gasteiger partial charge >= 0.3 is 41.7 Å². The third-order valence-corrected chi connectivity index (χ3v) is 3.91. The molecule has 0 aliphatic heterocycles. The Morgan fingerprint density at radius 1 is 0.688 bits per heavy atom. The Morgan fingerprint density at radius 3 is 1.44 bits per heavy atom. The lowest BCUT2D eigenvalue weighted by molar-refractivity contribution is -0.449. The first-order valence-corrected chi connectivity index (χ1v) is 7.86. The van der Waals surface area contributed by atoms with Crippen LogP contribution in [0.5, 0.6) is 0 Å². The lowest BCUT2D eigenvalue weighted by atomic mass is 9.91. The molecule has 0 heterocycles. The smallest absolute Gasteiger partial charge is 0.396 e. The summed E-state index contributed by atoms with van der Waals surface area (Å²) in [6.07, 6.45) is -8.52. The van der Waals surface area contributed by atoms with E-state index < -0.39 is 73.2 Å². The van der Waals surface area contributed by atoms with Crippen LogP contribution < -0.4 is 11.1 Å². The second kappa shape index (κ2) is 8.94. The van der Waals surface area contributed by atoms with Gasteiger partial charge in [0.2, 0.25) is 0 Å². The Bertz CT molecular complexity index is 662. The molecule has 32 heavy (non-hydrogen) atoms. The molecular weight excluding hydrogens is 501 g/mol. The van der Waals surface area contributed by atoms with Crippen LogP contribution in [0.1, 0.15) is 12.8 Å². The van der Waals surface area contributed by atoms with Gasteiger partial charge in [-0.3, -0.25) is 4.79 Å². The number of nitrogens with one attached hydrogen (secondary N) is 1. The van der Waals surface area contributed by atoms with Crippen molar-refractivity contribution in [1.29, 1.82) is 0 Å². The first-order valence-electron chi connectivity index (χ1n) is 7.86. The van der Waals surface area contributed by atoms with E-state index in [9.17, 15) is 70.7 Å². The average Bonchev–Trinajstić information content (AvgIpc) is 2.59. The van der Waals surface area contributed by atoms with E-state index in [4.69, 9.17) is 10.8 Å². The number of carbonyl (C=O) groups is 1. The van der Waals surface area contributed by atoms with Gasteiger partial charge < -0.3 is 16.2 Å². The number of amides is 1. The fourth-order valence-electron chi connectivity index (χ4n) is 1.90. The number of carbonyl (C=O) groups excluding carboxylic acids is 1. The highest BCUT2D eigenvalue weighted by atomic mass is 19.4. The first-order chi connectivity index (χ1) is 13.9. The Balaban J connectivity index is 6.07. The van der Waals surface area contributed by atoms with Gasteiger partial charge in [-0.1, -0.05) is 0 Å². The highest BCUT2D eigenvalue weighted by Crippen LogP contribution is 2.62. The number of rotatable bonds is 11. The lowest BCUT2D eigenvalue weighted by Crippen LogP contribution is -2.74. The predicted molar refractivity (Wildman–Crippen MR) is 73.0 cm³/mol. The second-order valence-corrected chi connectivity index (χ2v) is 6.26. The molecule has 0 aromatic carbocycles. The number of aliphatic hydroxyl groups is 1. The molecule has 0 aromatic rings. The van der Waals surface area contributed by atoms with E-state index in [0.29, 0.717) is 0 Å². The molecule has 0 rings (SSSR count). The Morgan fingerprint density at radius 2 is 1.06 bits per heavy atom. The van der Waals surface area contributed by atoms with Crippen LogP contribution in [0.15, 0.2) is 0 Å². The zero-order chi connectivity index (χ0) is 26.2. The van der Waals surface area contributed by atoms with Crippen molar-refractivity contribution in [3.63, 3.8) is 0 Å². The van der Waals surface area contributed by atoms with E-state index >= 15 is 0 Å². The number of hydrogen-bond acceptors (Lipinski definition) is 3. The molecule has 4 nitrogen and oxygen atoms in total. The summed E-state index contributed by atoms with van der Waals surface area (Å²) in [5.41, 5.74) is 5.20. The second-order valence-electron chi connectivity index (χ2n) is 6.26. The third kappa shape index (κ3) is 4.67. The topological polar surface area (TPSA) is 75.3 Å². The Kier molecular flexibility index (Phi) is 8.48. The Hall–Kier alpha value is -1.66. The summed E-state index contributed by atoms with van der Waals surface area (Å²) in [7, 11) is 0. The normalized spacial score (nSPS) is 16.2. The summed E-state index contributed by atoms with van der Waals surface area (Å²) in [5.74, 6) is -51.6. The van der Waals surface area contributed by atoms with Crippen LogP contribution in [0.25, 0.3) is 0 Å². The van der Waals surface area contributed by atoms with Gasteiger partial charge in [-0.25, -0.2) is 0 Å². The van der Waals surface area contributed by atoms with E-state index in [-0.39, 0.29) is 6.42 Å². The molecule has 1 unspecified atom stereocenters. The zero-order valence-electron chi connectivity index (χ0n) is 15.0. The fourth-order valence-corrected chi connectivity index (χ4v) is 1.90. The van der Waals surface area contributed by atoms with Crippen LogP contribution in [0.3, 0.4) is 0 Å². The largest absolute Gasteiger partial charge is 0.460 e. The van der Waals surface area contributed by atoms with Crippen LogP contribution in [0.2, 0.25) is 0 Å². The van der Waals surface area contributed by atoms with Gasteiger partial charge in [-0.05, 0) is 12.8 Å².